The predicted octanol–water partition coefficient (Wildman–Crippen LogP) is 3.92. The summed E-state index contributed by atoms with van der Waals surface area (Å²) in [7, 11) is 0. The van der Waals surface area contributed by atoms with Gasteiger partial charge in [-0.15, -0.1) is 0 Å². The molecule has 2 aliphatic rings. The van der Waals surface area contributed by atoms with Crippen molar-refractivity contribution in [2.75, 3.05) is 29.9 Å². The van der Waals surface area contributed by atoms with Gasteiger partial charge in [-0.05, 0) is 56.8 Å². The van der Waals surface area contributed by atoms with E-state index in [9.17, 15) is 5.26 Å². The normalized spacial score (nSPS) is 19.9. The van der Waals surface area contributed by atoms with Crippen molar-refractivity contribution in [1.82, 2.24) is 9.88 Å². The molecule has 1 atom stereocenters. The second-order valence-electron chi connectivity index (χ2n) is 7.82. The number of rotatable bonds is 5. The molecule has 1 fully saturated rings. The summed E-state index contributed by atoms with van der Waals surface area (Å²) in [5.41, 5.74) is 3.13. The minimum Gasteiger partial charge on any atom is -0.467 e. The van der Waals surface area contributed by atoms with Gasteiger partial charge in [0.1, 0.15) is 23.5 Å². The molecular formula is C22H29N5O. The van der Waals surface area contributed by atoms with Crippen LogP contribution in [-0.2, 0) is 19.5 Å². The summed E-state index contributed by atoms with van der Waals surface area (Å²) in [4.78, 5) is 9.77. The molecule has 0 saturated carbocycles. The first-order valence-corrected chi connectivity index (χ1v) is 10.4. The molecule has 0 radical (unpaired) electrons. The highest BCUT2D eigenvalue weighted by Gasteiger charge is 2.29. The molecule has 6 nitrogen and oxygen atoms in total. The minimum absolute atomic E-state index is 0.417. The standard InChI is InChI=1S/C22H29N5O/c1-3-26-11-9-18-19(13-23)22(27-10-5-4-7-16(27)2)25-21(20(18)15-26)24-14-17-8-6-12-28-17/h6,8,12,16H,3-5,7,9-11,14-15H2,1-2H3,(H,24,25). The molecule has 1 saturated heterocycles. The van der Waals surface area contributed by atoms with Crippen molar-refractivity contribution in [3.05, 3.63) is 40.8 Å². The van der Waals surface area contributed by atoms with E-state index in [1.165, 1.54) is 17.5 Å². The van der Waals surface area contributed by atoms with Gasteiger partial charge in [-0.25, -0.2) is 4.98 Å². The van der Waals surface area contributed by atoms with Crippen molar-refractivity contribution in [3.8, 4) is 6.07 Å². The number of likely N-dealkylation sites (N-methyl/N-ethyl adjacent to an activating group) is 1. The van der Waals surface area contributed by atoms with E-state index in [0.29, 0.717) is 12.6 Å². The summed E-state index contributed by atoms with van der Waals surface area (Å²) in [6.07, 6.45) is 6.16. The average Bonchev–Trinajstić information content (AvgIpc) is 3.25. The Balaban J connectivity index is 1.76. The van der Waals surface area contributed by atoms with Gasteiger partial charge in [0, 0.05) is 31.2 Å². The summed E-state index contributed by atoms with van der Waals surface area (Å²) in [6.45, 7) is 8.84. The Morgan fingerprint density at radius 3 is 2.93 bits per heavy atom. The first-order valence-electron chi connectivity index (χ1n) is 10.4. The number of fused-ring (bicyclic) bond motifs is 1. The summed E-state index contributed by atoms with van der Waals surface area (Å²) in [5.74, 6) is 2.65. The Labute approximate surface area is 167 Å². The molecule has 2 aliphatic heterocycles. The molecule has 0 aromatic carbocycles. The molecular weight excluding hydrogens is 350 g/mol. The van der Waals surface area contributed by atoms with Crippen LogP contribution in [0.5, 0.6) is 0 Å². The number of hydrogen-bond donors (Lipinski definition) is 1. The van der Waals surface area contributed by atoms with Gasteiger partial charge in [0.25, 0.3) is 0 Å². The predicted molar refractivity (Wildman–Crippen MR) is 110 cm³/mol. The Morgan fingerprint density at radius 1 is 1.32 bits per heavy atom. The van der Waals surface area contributed by atoms with Crippen LogP contribution in [-0.4, -0.2) is 35.6 Å². The van der Waals surface area contributed by atoms with Crippen LogP contribution in [0.15, 0.2) is 22.8 Å². The third kappa shape index (κ3) is 3.59. The van der Waals surface area contributed by atoms with Gasteiger partial charge in [0.05, 0.1) is 18.4 Å². The fraction of sp³-hybridized carbons (Fsp3) is 0.545. The molecule has 0 bridgehead atoms. The lowest BCUT2D eigenvalue weighted by molar-refractivity contribution is 0.268. The number of anilines is 2. The van der Waals surface area contributed by atoms with Gasteiger partial charge in [0.2, 0.25) is 0 Å². The largest absolute Gasteiger partial charge is 0.467 e. The molecule has 0 amide bonds. The quantitative estimate of drug-likeness (QED) is 0.849. The monoisotopic (exact) mass is 379 g/mol. The molecule has 2 aromatic heterocycles. The number of nitrogens with one attached hydrogen (secondary N) is 1. The van der Waals surface area contributed by atoms with Gasteiger partial charge in [0.15, 0.2) is 0 Å². The second kappa shape index (κ2) is 8.24. The van der Waals surface area contributed by atoms with E-state index in [4.69, 9.17) is 9.40 Å². The van der Waals surface area contributed by atoms with Crippen LogP contribution in [0.3, 0.4) is 0 Å². The van der Waals surface area contributed by atoms with Gasteiger partial charge in [-0.1, -0.05) is 6.92 Å². The van der Waals surface area contributed by atoms with Gasteiger partial charge in [-0.2, -0.15) is 5.26 Å². The van der Waals surface area contributed by atoms with E-state index in [1.54, 1.807) is 6.26 Å². The summed E-state index contributed by atoms with van der Waals surface area (Å²) in [5, 5.41) is 13.5. The highest BCUT2D eigenvalue weighted by molar-refractivity contribution is 5.67. The fourth-order valence-electron chi connectivity index (χ4n) is 4.42. The smallest absolute Gasteiger partial charge is 0.149 e. The molecule has 148 valence electrons. The van der Waals surface area contributed by atoms with E-state index in [2.05, 4.69) is 35.0 Å². The molecule has 0 spiro atoms. The van der Waals surface area contributed by atoms with Gasteiger partial charge in [-0.3, -0.25) is 4.90 Å². The number of aromatic nitrogens is 1. The third-order valence-corrected chi connectivity index (χ3v) is 6.10. The fourth-order valence-corrected chi connectivity index (χ4v) is 4.42. The van der Waals surface area contributed by atoms with Crippen molar-refractivity contribution in [2.24, 2.45) is 0 Å². The Morgan fingerprint density at radius 2 is 2.21 bits per heavy atom. The van der Waals surface area contributed by atoms with Crippen LogP contribution >= 0.6 is 0 Å². The summed E-state index contributed by atoms with van der Waals surface area (Å²) < 4.78 is 5.49. The van der Waals surface area contributed by atoms with Crippen LogP contribution < -0.4 is 10.2 Å². The summed E-state index contributed by atoms with van der Waals surface area (Å²) in [6, 6.07) is 6.79. The lowest BCUT2D eigenvalue weighted by Crippen LogP contribution is -2.39. The maximum atomic E-state index is 10.0. The topological polar surface area (TPSA) is 68.3 Å². The molecule has 1 unspecified atom stereocenters. The average molecular weight is 380 g/mol. The van der Waals surface area contributed by atoms with Gasteiger partial charge < -0.3 is 14.6 Å². The Kier molecular flexibility index (Phi) is 5.54. The van der Waals surface area contributed by atoms with Crippen molar-refractivity contribution in [1.29, 1.82) is 5.26 Å². The number of furan rings is 1. The van der Waals surface area contributed by atoms with E-state index in [0.717, 1.165) is 68.4 Å². The zero-order valence-corrected chi connectivity index (χ0v) is 16.9. The second-order valence-corrected chi connectivity index (χ2v) is 7.82. The molecule has 6 heteroatoms. The van der Waals surface area contributed by atoms with E-state index in [-0.39, 0.29) is 0 Å². The highest BCUT2D eigenvalue weighted by Crippen LogP contribution is 2.35. The van der Waals surface area contributed by atoms with Crippen molar-refractivity contribution in [3.63, 3.8) is 0 Å². The van der Waals surface area contributed by atoms with Crippen LogP contribution in [0.4, 0.5) is 11.6 Å². The van der Waals surface area contributed by atoms with Crippen molar-refractivity contribution >= 4 is 11.6 Å². The van der Waals surface area contributed by atoms with Crippen LogP contribution in [0.2, 0.25) is 0 Å². The number of nitriles is 1. The molecule has 4 rings (SSSR count). The first kappa shape index (κ1) is 18.8. The van der Waals surface area contributed by atoms with Crippen molar-refractivity contribution in [2.45, 2.75) is 58.7 Å². The maximum absolute atomic E-state index is 10.0. The zero-order chi connectivity index (χ0) is 19.5. The van der Waals surface area contributed by atoms with Crippen LogP contribution in [0.1, 0.15) is 55.6 Å². The van der Waals surface area contributed by atoms with E-state index >= 15 is 0 Å². The molecule has 1 N–H and O–H groups in total. The highest BCUT2D eigenvalue weighted by atomic mass is 16.3. The van der Waals surface area contributed by atoms with E-state index < -0.39 is 0 Å². The minimum atomic E-state index is 0.417. The number of hydrogen-bond acceptors (Lipinski definition) is 6. The lowest BCUT2D eigenvalue weighted by Gasteiger charge is -2.37. The molecule has 4 heterocycles. The first-order chi connectivity index (χ1) is 13.7. The third-order valence-electron chi connectivity index (χ3n) is 6.10. The molecule has 2 aromatic rings. The summed E-state index contributed by atoms with van der Waals surface area (Å²) >= 11 is 0. The zero-order valence-electron chi connectivity index (χ0n) is 16.9. The SMILES string of the molecule is CCN1CCc2c(C#N)c(N3CCCCC3C)nc(NCc3ccco3)c2C1. The van der Waals surface area contributed by atoms with E-state index in [1.807, 2.05) is 12.1 Å². The molecule has 0 aliphatic carbocycles. The number of piperidine rings is 1. The van der Waals surface area contributed by atoms with Crippen LogP contribution in [0.25, 0.3) is 0 Å². The maximum Gasteiger partial charge on any atom is 0.149 e. The Bertz CT molecular complexity index is 855. The number of pyridine rings is 1. The van der Waals surface area contributed by atoms with Crippen molar-refractivity contribution < 1.29 is 4.42 Å². The Hall–Kier alpha value is -2.52. The lowest BCUT2D eigenvalue weighted by atomic mass is 9.94. The number of nitrogens with zero attached hydrogens (tertiary/aromatic N) is 4. The van der Waals surface area contributed by atoms with Crippen LogP contribution in [0, 0.1) is 11.3 Å². The molecule has 28 heavy (non-hydrogen) atoms. The van der Waals surface area contributed by atoms with Gasteiger partial charge >= 0.3 is 0 Å².